The molecule has 0 unspecified atom stereocenters. The second-order valence-corrected chi connectivity index (χ2v) is 4.67. The van der Waals surface area contributed by atoms with Gasteiger partial charge in [0, 0.05) is 12.1 Å². The number of nitrogen functional groups attached to an aromatic ring is 1. The lowest BCUT2D eigenvalue weighted by molar-refractivity contribution is 0.383. The highest BCUT2D eigenvalue weighted by molar-refractivity contribution is 5.64. The van der Waals surface area contributed by atoms with E-state index in [1.54, 1.807) is 0 Å². The zero-order valence-corrected chi connectivity index (χ0v) is 11.2. The van der Waals surface area contributed by atoms with E-state index in [-0.39, 0.29) is 6.04 Å². The van der Waals surface area contributed by atoms with Crippen molar-refractivity contribution in [1.82, 2.24) is 14.9 Å². The summed E-state index contributed by atoms with van der Waals surface area (Å²) in [5, 5.41) is 11.5. The highest BCUT2D eigenvalue weighted by atomic mass is 16.5. The quantitative estimate of drug-likeness (QED) is 0.868. The minimum Gasteiger partial charge on any atom is -0.394 e. The molecule has 0 atom stereocenters. The van der Waals surface area contributed by atoms with Gasteiger partial charge < -0.3 is 15.6 Å². The van der Waals surface area contributed by atoms with E-state index < -0.39 is 0 Å². The van der Waals surface area contributed by atoms with Crippen LogP contribution in [0.4, 0.5) is 11.5 Å². The highest BCUT2D eigenvalue weighted by Crippen LogP contribution is 2.25. The summed E-state index contributed by atoms with van der Waals surface area (Å²) in [6.45, 7) is 8.47. The van der Waals surface area contributed by atoms with Crippen LogP contribution in [0.3, 0.4) is 0 Å². The zero-order chi connectivity index (χ0) is 13.3. The summed E-state index contributed by atoms with van der Waals surface area (Å²) in [4.78, 5) is 0. The summed E-state index contributed by atoms with van der Waals surface area (Å²) in [6, 6.07) is 2.14. The Morgan fingerprint density at radius 1 is 1.44 bits per heavy atom. The molecule has 0 bridgehead atoms. The first kappa shape index (κ1) is 12.5. The maximum absolute atomic E-state index is 6.02. The molecule has 3 N–H and O–H groups in total. The van der Waals surface area contributed by atoms with Gasteiger partial charge in [0.2, 0.25) is 0 Å². The van der Waals surface area contributed by atoms with Crippen LogP contribution in [-0.2, 0) is 6.54 Å². The average Bonchev–Trinajstić information content (AvgIpc) is 2.83. The third-order valence-corrected chi connectivity index (χ3v) is 2.73. The molecule has 0 fully saturated rings. The second-order valence-electron chi connectivity index (χ2n) is 4.67. The van der Waals surface area contributed by atoms with Gasteiger partial charge in [0.25, 0.3) is 0 Å². The van der Waals surface area contributed by atoms with Gasteiger partial charge in [-0.25, -0.2) is 4.68 Å². The van der Waals surface area contributed by atoms with Crippen molar-refractivity contribution in [3.63, 3.8) is 0 Å². The molecule has 0 spiro atoms. The molecule has 18 heavy (non-hydrogen) atoms. The monoisotopic (exact) mass is 249 g/mol. The lowest BCUT2D eigenvalue weighted by atomic mass is 10.3. The molecule has 0 amide bonds. The zero-order valence-electron chi connectivity index (χ0n) is 11.2. The number of aromatic nitrogens is 3. The van der Waals surface area contributed by atoms with Gasteiger partial charge in [-0.15, -0.1) is 0 Å². The van der Waals surface area contributed by atoms with E-state index in [9.17, 15) is 0 Å². The summed E-state index contributed by atoms with van der Waals surface area (Å²) in [5.41, 5.74) is 8.40. The van der Waals surface area contributed by atoms with Crippen LogP contribution in [0.5, 0.6) is 0 Å². The van der Waals surface area contributed by atoms with Crippen LogP contribution < -0.4 is 11.1 Å². The van der Waals surface area contributed by atoms with Gasteiger partial charge >= 0.3 is 0 Å². The second kappa shape index (κ2) is 4.72. The molecule has 6 heteroatoms. The first-order chi connectivity index (χ1) is 8.49. The van der Waals surface area contributed by atoms with Gasteiger partial charge in [0.05, 0.1) is 23.6 Å². The minimum atomic E-state index is 0.250. The predicted molar refractivity (Wildman–Crippen MR) is 70.3 cm³/mol. The Morgan fingerprint density at radius 2 is 2.17 bits per heavy atom. The normalized spacial score (nSPS) is 11.2. The molecule has 0 aliphatic rings. The Labute approximate surface area is 106 Å². The van der Waals surface area contributed by atoms with Gasteiger partial charge in [0.1, 0.15) is 5.82 Å². The Kier molecular flexibility index (Phi) is 3.27. The Balaban J connectivity index is 2.18. The van der Waals surface area contributed by atoms with Gasteiger partial charge in [-0.3, -0.25) is 0 Å². The number of nitrogens with two attached hydrogens (primary N) is 1. The van der Waals surface area contributed by atoms with E-state index in [0.717, 1.165) is 23.0 Å². The third-order valence-electron chi connectivity index (χ3n) is 2.73. The van der Waals surface area contributed by atoms with E-state index in [0.29, 0.717) is 12.2 Å². The summed E-state index contributed by atoms with van der Waals surface area (Å²) >= 11 is 0. The maximum Gasteiger partial charge on any atom is 0.156 e. The number of nitrogens with one attached hydrogen (secondary N) is 1. The lowest BCUT2D eigenvalue weighted by Gasteiger charge is -2.12. The average molecular weight is 249 g/mol. The molecule has 0 saturated carbocycles. The van der Waals surface area contributed by atoms with Crippen molar-refractivity contribution >= 4 is 11.5 Å². The predicted octanol–water partition coefficient (Wildman–Crippen LogP) is 2.26. The van der Waals surface area contributed by atoms with Crippen LogP contribution >= 0.6 is 0 Å². The standard InChI is InChI=1S/C12H19N5O/c1-7(2)17-12(11(13)9(4)15-17)14-6-10-5-8(3)16-18-10/h5,7,14H,6,13H2,1-4H3. The highest BCUT2D eigenvalue weighted by Gasteiger charge is 2.14. The van der Waals surface area contributed by atoms with E-state index in [1.807, 2.05) is 24.6 Å². The van der Waals surface area contributed by atoms with Gasteiger partial charge in [0.15, 0.2) is 5.76 Å². The van der Waals surface area contributed by atoms with Crippen molar-refractivity contribution < 1.29 is 4.52 Å². The SMILES string of the molecule is Cc1cc(CNc2c(N)c(C)nn2C(C)C)on1. The van der Waals surface area contributed by atoms with Gasteiger partial charge in [-0.05, 0) is 27.7 Å². The van der Waals surface area contributed by atoms with Crippen LogP contribution in [0, 0.1) is 13.8 Å². The first-order valence-corrected chi connectivity index (χ1v) is 5.99. The number of anilines is 2. The number of nitrogens with zero attached hydrogens (tertiary/aromatic N) is 3. The van der Waals surface area contributed by atoms with Crippen molar-refractivity contribution in [3.8, 4) is 0 Å². The van der Waals surface area contributed by atoms with Crippen molar-refractivity contribution in [2.45, 2.75) is 40.3 Å². The molecule has 0 aliphatic carbocycles. The van der Waals surface area contributed by atoms with E-state index in [2.05, 4.69) is 29.4 Å². The van der Waals surface area contributed by atoms with E-state index in [4.69, 9.17) is 10.3 Å². The van der Waals surface area contributed by atoms with Crippen LogP contribution in [0.1, 0.15) is 37.0 Å². The van der Waals surface area contributed by atoms with Crippen molar-refractivity contribution in [2.75, 3.05) is 11.1 Å². The number of aryl methyl sites for hydroxylation is 2. The maximum atomic E-state index is 6.02. The fraction of sp³-hybridized carbons (Fsp3) is 0.500. The molecule has 2 rings (SSSR count). The fourth-order valence-corrected chi connectivity index (χ4v) is 1.78. The summed E-state index contributed by atoms with van der Waals surface area (Å²) in [6.07, 6.45) is 0. The topological polar surface area (TPSA) is 81.9 Å². The molecule has 0 aliphatic heterocycles. The Morgan fingerprint density at radius 3 is 2.72 bits per heavy atom. The van der Waals surface area contributed by atoms with Gasteiger partial charge in [-0.2, -0.15) is 5.10 Å². The largest absolute Gasteiger partial charge is 0.394 e. The Bertz CT molecular complexity index is 541. The molecule has 0 aromatic carbocycles. The summed E-state index contributed by atoms with van der Waals surface area (Å²) in [7, 11) is 0. The number of hydrogen-bond acceptors (Lipinski definition) is 5. The Hall–Kier alpha value is -1.98. The molecule has 2 aromatic heterocycles. The molecular formula is C12H19N5O. The van der Waals surface area contributed by atoms with Crippen molar-refractivity contribution in [3.05, 3.63) is 23.2 Å². The van der Waals surface area contributed by atoms with Crippen LogP contribution in [0.25, 0.3) is 0 Å². The lowest BCUT2D eigenvalue weighted by Crippen LogP contribution is -2.10. The summed E-state index contributed by atoms with van der Waals surface area (Å²) in [5.74, 6) is 1.61. The first-order valence-electron chi connectivity index (χ1n) is 5.99. The van der Waals surface area contributed by atoms with E-state index >= 15 is 0 Å². The van der Waals surface area contributed by atoms with Crippen molar-refractivity contribution in [2.24, 2.45) is 0 Å². The third kappa shape index (κ3) is 2.32. The molecule has 98 valence electrons. The molecular weight excluding hydrogens is 230 g/mol. The molecule has 0 radical (unpaired) electrons. The van der Waals surface area contributed by atoms with Crippen LogP contribution in [-0.4, -0.2) is 14.9 Å². The molecule has 6 nitrogen and oxygen atoms in total. The molecule has 0 saturated heterocycles. The summed E-state index contributed by atoms with van der Waals surface area (Å²) < 4.78 is 7.03. The van der Waals surface area contributed by atoms with Crippen LogP contribution in [0.15, 0.2) is 10.6 Å². The molecule has 2 aromatic rings. The van der Waals surface area contributed by atoms with Crippen LogP contribution in [0.2, 0.25) is 0 Å². The van der Waals surface area contributed by atoms with Crippen molar-refractivity contribution in [1.29, 1.82) is 0 Å². The smallest absolute Gasteiger partial charge is 0.156 e. The number of hydrogen-bond donors (Lipinski definition) is 2. The minimum absolute atomic E-state index is 0.250. The molecule has 2 heterocycles. The fourth-order valence-electron chi connectivity index (χ4n) is 1.78. The van der Waals surface area contributed by atoms with Gasteiger partial charge in [-0.1, -0.05) is 5.16 Å². The number of rotatable bonds is 4. The van der Waals surface area contributed by atoms with E-state index in [1.165, 1.54) is 0 Å².